The SMILES string of the molecule is Cc1nnc(S[C@H](C)C(=O)NC[C@H]2CCCO2)n1C1CC1. The molecule has 1 amide bonds. The number of nitrogens with one attached hydrogen (secondary N) is 1. The molecule has 0 radical (unpaired) electrons. The van der Waals surface area contributed by atoms with Crippen molar-refractivity contribution in [3.63, 3.8) is 0 Å². The van der Waals surface area contributed by atoms with E-state index in [1.54, 1.807) is 0 Å². The molecule has 1 aliphatic carbocycles. The Morgan fingerprint density at radius 1 is 1.48 bits per heavy atom. The van der Waals surface area contributed by atoms with E-state index in [4.69, 9.17) is 4.74 Å². The van der Waals surface area contributed by atoms with Gasteiger partial charge in [-0.1, -0.05) is 11.8 Å². The fraction of sp³-hybridized carbons (Fsp3) is 0.786. The third kappa shape index (κ3) is 3.58. The van der Waals surface area contributed by atoms with Crippen LogP contribution in [-0.4, -0.2) is 45.2 Å². The summed E-state index contributed by atoms with van der Waals surface area (Å²) < 4.78 is 7.68. The normalized spacial score (nSPS) is 23.2. The Morgan fingerprint density at radius 3 is 2.95 bits per heavy atom. The minimum Gasteiger partial charge on any atom is -0.376 e. The Morgan fingerprint density at radius 2 is 2.29 bits per heavy atom. The van der Waals surface area contributed by atoms with Gasteiger partial charge in [0.05, 0.1) is 11.4 Å². The molecule has 0 bridgehead atoms. The monoisotopic (exact) mass is 310 g/mol. The van der Waals surface area contributed by atoms with Crippen molar-refractivity contribution >= 4 is 17.7 Å². The van der Waals surface area contributed by atoms with Crippen molar-refractivity contribution in [1.82, 2.24) is 20.1 Å². The summed E-state index contributed by atoms with van der Waals surface area (Å²) in [5.41, 5.74) is 0. The predicted molar refractivity (Wildman–Crippen MR) is 80.3 cm³/mol. The number of aromatic nitrogens is 3. The molecule has 1 saturated carbocycles. The first-order valence-corrected chi connectivity index (χ1v) is 8.50. The van der Waals surface area contributed by atoms with Crippen LogP contribution >= 0.6 is 11.8 Å². The van der Waals surface area contributed by atoms with Crippen LogP contribution in [0, 0.1) is 6.92 Å². The van der Waals surface area contributed by atoms with Crippen LogP contribution in [0.5, 0.6) is 0 Å². The van der Waals surface area contributed by atoms with E-state index in [0.29, 0.717) is 12.6 Å². The van der Waals surface area contributed by atoms with Crippen molar-refractivity contribution in [1.29, 1.82) is 0 Å². The average Bonchev–Trinajstić information content (AvgIpc) is 3.03. The highest BCUT2D eigenvalue weighted by molar-refractivity contribution is 8.00. The van der Waals surface area contributed by atoms with Gasteiger partial charge in [-0.2, -0.15) is 0 Å². The van der Waals surface area contributed by atoms with Crippen LogP contribution in [0.25, 0.3) is 0 Å². The van der Waals surface area contributed by atoms with E-state index < -0.39 is 0 Å². The molecule has 2 atom stereocenters. The Labute approximate surface area is 129 Å². The number of ether oxygens (including phenoxy) is 1. The number of carbonyl (C=O) groups excluding carboxylic acids is 1. The molecule has 3 rings (SSSR count). The van der Waals surface area contributed by atoms with Gasteiger partial charge in [0, 0.05) is 19.2 Å². The first-order valence-electron chi connectivity index (χ1n) is 7.62. The van der Waals surface area contributed by atoms with Crippen molar-refractivity contribution in [3.05, 3.63) is 5.82 Å². The number of carbonyl (C=O) groups is 1. The first-order chi connectivity index (χ1) is 10.1. The molecule has 21 heavy (non-hydrogen) atoms. The predicted octanol–water partition coefficient (Wildman–Crippen LogP) is 1.70. The molecular weight excluding hydrogens is 288 g/mol. The minimum atomic E-state index is -0.174. The Balaban J connectivity index is 1.53. The van der Waals surface area contributed by atoms with Crippen LogP contribution in [0.3, 0.4) is 0 Å². The summed E-state index contributed by atoms with van der Waals surface area (Å²) in [5.74, 6) is 0.977. The Kier molecular flexibility index (Phi) is 4.49. The van der Waals surface area contributed by atoms with Gasteiger partial charge in [-0.3, -0.25) is 4.79 Å². The van der Waals surface area contributed by atoms with Gasteiger partial charge in [0.25, 0.3) is 0 Å². The lowest BCUT2D eigenvalue weighted by Crippen LogP contribution is -2.36. The highest BCUT2D eigenvalue weighted by Gasteiger charge is 2.30. The summed E-state index contributed by atoms with van der Waals surface area (Å²) in [6, 6.07) is 0.532. The summed E-state index contributed by atoms with van der Waals surface area (Å²) in [6.45, 7) is 5.31. The van der Waals surface area contributed by atoms with Gasteiger partial charge in [0.15, 0.2) is 5.16 Å². The summed E-state index contributed by atoms with van der Waals surface area (Å²) >= 11 is 1.49. The maximum atomic E-state index is 12.2. The average molecular weight is 310 g/mol. The molecule has 1 saturated heterocycles. The number of hydrogen-bond acceptors (Lipinski definition) is 5. The lowest BCUT2D eigenvalue weighted by molar-refractivity contribution is -0.120. The lowest BCUT2D eigenvalue weighted by atomic mass is 10.2. The smallest absolute Gasteiger partial charge is 0.233 e. The topological polar surface area (TPSA) is 69.0 Å². The van der Waals surface area contributed by atoms with Crippen LogP contribution in [0.4, 0.5) is 0 Å². The van der Waals surface area contributed by atoms with Gasteiger partial charge >= 0.3 is 0 Å². The highest BCUT2D eigenvalue weighted by Crippen LogP contribution is 2.39. The fourth-order valence-corrected chi connectivity index (χ4v) is 3.55. The second-order valence-corrected chi connectivity index (χ2v) is 7.08. The zero-order valence-corrected chi connectivity index (χ0v) is 13.4. The van der Waals surface area contributed by atoms with Gasteiger partial charge in [0.1, 0.15) is 5.82 Å². The van der Waals surface area contributed by atoms with Crippen LogP contribution in [-0.2, 0) is 9.53 Å². The molecule has 0 aromatic carbocycles. The number of thioether (sulfide) groups is 1. The summed E-state index contributed by atoms with van der Waals surface area (Å²) in [7, 11) is 0. The molecule has 1 aromatic heterocycles. The number of hydrogen-bond donors (Lipinski definition) is 1. The third-order valence-electron chi connectivity index (χ3n) is 3.93. The van der Waals surface area contributed by atoms with Crippen molar-refractivity contribution in [2.45, 2.75) is 62.1 Å². The second-order valence-electron chi connectivity index (χ2n) is 5.77. The van der Waals surface area contributed by atoms with Crippen LogP contribution in [0.1, 0.15) is 44.5 Å². The number of aryl methyl sites for hydroxylation is 1. The molecule has 116 valence electrons. The van der Waals surface area contributed by atoms with Gasteiger partial charge in [0.2, 0.25) is 5.91 Å². The van der Waals surface area contributed by atoms with E-state index >= 15 is 0 Å². The van der Waals surface area contributed by atoms with E-state index in [-0.39, 0.29) is 17.3 Å². The molecule has 2 fully saturated rings. The molecule has 2 heterocycles. The zero-order valence-electron chi connectivity index (χ0n) is 12.5. The van der Waals surface area contributed by atoms with E-state index in [1.165, 1.54) is 24.6 Å². The lowest BCUT2D eigenvalue weighted by Gasteiger charge is -2.15. The number of rotatable bonds is 6. The van der Waals surface area contributed by atoms with Crippen molar-refractivity contribution in [2.24, 2.45) is 0 Å². The summed E-state index contributed by atoms with van der Waals surface area (Å²) in [5, 5.41) is 12.0. The molecule has 0 spiro atoms. The quantitative estimate of drug-likeness (QED) is 0.810. The van der Waals surface area contributed by atoms with Gasteiger partial charge in [-0.25, -0.2) is 0 Å². The van der Waals surface area contributed by atoms with E-state index in [0.717, 1.165) is 30.4 Å². The van der Waals surface area contributed by atoms with Crippen molar-refractivity contribution in [2.75, 3.05) is 13.2 Å². The first kappa shape index (κ1) is 14.8. The summed E-state index contributed by atoms with van der Waals surface area (Å²) in [6.07, 6.45) is 4.69. The van der Waals surface area contributed by atoms with Crippen LogP contribution in [0.2, 0.25) is 0 Å². The van der Waals surface area contributed by atoms with Gasteiger partial charge in [-0.15, -0.1) is 10.2 Å². The third-order valence-corrected chi connectivity index (χ3v) is 4.98. The van der Waals surface area contributed by atoms with Crippen molar-refractivity contribution in [3.8, 4) is 0 Å². The molecule has 1 aliphatic heterocycles. The highest BCUT2D eigenvalue weighted by atomic mass is 32.2. The molecule has 1 aromatic rings. The molecule has 2 aliphatic rings. The molecular formula is C14H22N4O2S. The minimum absolute atomic E-state index is 0.0403. The largest absolute Gasteiger partial charge is 0.376 e. The molecule has 7 heteroatoms. The Bertz CT molecular complexity index is 509. The molecule has 0 unspecified atom stereocenters. The van der Waals surface area contributed by atoms with Gasteiger partial charge < -0.3 is 14.6 Å². The maximum absolute atomic E-state index is 12.2. The van der Waals surface area contributed by atoms with Crippen LogP contribution in [0.15, 0.2) is 5.16 Å². The van der Waals surface area contributed by atoms with Gasteiger partial charge in [-0.05, 0) is 39.5 Å². The maximum Gasteiger partial charge on any atom is 0.233 e. The number of nitrogens with zero attached hydrogens (tertiary/aromatic N) is 3. The second kappa shape index (κ2) is 6.36. The molecule has 1 N–H and O–H groups in total. The van der Waals surface area contributed by atoms with E-state index in [2.05, 4.69) is 20.1 Å². The standard InChI is InChI=1S/C14H22N4O2S/c1-9(13(19)15-8-12-4-3-7-20-12)21-14-17-16-10(2)18(14)11-5-6-11/h9,11-12H,3-8H2,1-2H3,(H,15,19)/t9-,12-/m1/s1. The zero-order chi connectivity index (χ0) is 14.8. The fourth-order valence-electron chi connectivity index (χ4n) is 2.56. The van der Waals surface area contributed by atoms with Crippen molar-refractivity contribution < 1.29 is 9.53 Å². The Hall–Kier alpha value is -1.08. The van der Waals surface area contributed by atoms with E-state index in [1.807, 2.05) is 13.8 Å². The van der Waals surface area contributed by atoms with Crippen LogP contribution < -0.4 is 5.32 Å². The summed E-state index contributed by atoms with van der Waals surface area (Å²) in [4.78, 5) is 12.2. The van der Waals surface area contributed by atoms with E-state index in [9.17, 15) is 4.79 Å². The number of amides is 1. The molecule has 6 nitrogen and oxygen atoms in total.